The number of aryl methyl sites for hydroxylation is 1. The molecule has 0 heterocycles. The predicted octanol–water partition coefficient (Wildman–Crippen LogP) is 2.17. The number of benzene rings is 1. The Kier molecular flexibility index (Phi) is 5.37. The molecule has 0 aromatic heterocycles. The fourth-order valence-corrected chi connectivity index (χ4v) is 3.66. The molecule has 0 saturated carbocycles. The summed E-state index contributed by atoms with van der Waals surface area (Å²) in [5, 5.41) is 0. The van der Waals surface area contributed by atoms with E-state index in [1.807, 2.05) is 19.1 Å². The number of esters is 1. The minimum absolute atomic E-state index is 0.148. The average molecular weight is 323 g/mol. The van der Waals surface area contributed by atoms with E-state index in [9.17, 15) is 13.2 Å². The van der Waals surface area contributed by atoms with Gasteiger partial charge in [0.2, 0.25) is 10.0 Å². The molecule has 0 amide bonds. The van der Waals surface area contributed by atoms with E-state index in [1.54, 1.807) is 19.1 Å². The van der Waals surface area contributed by atoms with Gasteiger partial charge in [0.15, 0.2) is 0 Å². The van der Waals surface area contributed by atoms with Crippen molar-refractivity contribution in [3.05, 3.63) is 42.0 Å². The average Bonchev–Trinajstić information content (AvgIpc) is 2.99. The molecular weight excluding hydrogens is 302 g/mol. The minimum atomic E-state index is -3.76. The Balaban J connectivity index is 2.23. The molecule has 1 aliphatic rings. The number of nitrogens with one attached hydrogen (secondary N) is 1. The zero-order valence-corrected chi connectivity index (χ0v) is 13.6. The second-order valence-corrected chi connectivity index (χ2v) is 7.05. The largest absolute Gasteiger partial charge is 0.465 e. The van der Waals surface area contributed by atoms with Crippen LogP contribution in [0.25, 0.3) is 0 Å². The third-order valence-electron chi connectivity index (χ3n) is 3.63. The van der Waals surface area contributed by atoms with Gasteiger partial charge in [-0.1, -0.05) is 29.8 Å². The van der Waals surface area contributed by atoms with E-state index in [-0.39, 0.29) is 17.4 Å². The second kappa shape index (κ2) is 7.07. The molecular formula is C16H21NO4S. The van der Waals surface area contributed by atoms with Crippen LogP contribution in [0.15, 0.2) is 41.3 Å². The van der Waals surface area contributed by atoms with Gasteiger partial charge < -0.3 is 4.74 Å². The van der Waals surface area contributed by atoms with Crippen LogP contribution in [0.2, 0.25) is 0 Å². The fourth-order valence-electron chi connectivity index (χ4n) is 2.43. The topological polar surface area (TPSA) is 72.5 Å². The molecule has 6 heteroatoms. The smallest absolute Gasteiger partial charge is 0.324 e. The third kappa shape index (κ3) is 3.96. The third-order valence-corrected chi connectivity index (χ3v) is 5.09. The lowest BCUT2D eigenvalue weighted by molar-refractivity contribution is -0.146. The summed E-state index contributed by atoms with van der Waals surface area (Å²) in [5.74, 6) is -0.700. The van der Waals surface area contributed by atoms with Crippen molar-refractivity contribution < 1.29 is 17.9 Å². The van der Waals surface area contributed by atoms with Crippen molar-refractivity contribution >= 4 is 16.0 Å². The molecule has 120 valence electrons. The summed E-state index contributed by atoms with van der Waals surface area (Å²) in [6.45, 7) is 3.81. The van der Waals surface area contributed by atoms with Crippen molar-refractivity contribution in [2.75, 3.05) is 6.61 Å². The van der Waals surface area contributed by atoms with Crippen LogP contribution in [0.5, 0.6) is 0 Å². The Hall–Kier alpha value is -1.66. The zero-order chi connectivity index (χ0) is 16.2. The monoisotopic (exact) mass is 323 g/mol. The fraction of sp³-hybridized carbons (Fsp3) is 0.438. The van der Waals surface area contributed by atoms with Crippen molar-refractivity contribution in [2.45, 2.75) is 37.6 Å². The van der Waals surface area contributed by atoms with Crippen molar-refractivity contribution in [3.63, 3.8) is 0 Å². The molecule has 1 N–H and O–H groups in total. The van der Waals surface area contributed by atoms with Gasteiger partial charge in [0.25, 0.3) is 0 Å². The number of sulfonamides is 1. The summed E-state index contributed by atoms with van der Waals surface area (Å²) in [7, 11) is -3.76. The molecule has 2 rings (SSSR count). The van der Waals surface area contributed by atoms with Gasteiger partial charge in [0.1, 0.15) is 6.04 Å². The molecule has 0 bridgehead atoms. The van der Waals surface area contributed by atoms with Crippen LogP contribution < -0.4 is 4.72 Å². The van der Waals surface area contributed by atoms with Gasteiger partial charge in [-0.25, -0.2) is 8.42 Å². The Bertz CT molecular complexity index is 649. The first-order valence-corrected chi connectivity index (χ1v) is 8.84. The van der Waals surface area contributed by atoms with Crippen LogP contribution in [0.1, 0.15) is 25.3 Å². The number of rotatable bonds is 6. The summed E-state index contributed by atoms with van der Waals surface area (Å²) in [5.41, 5.74) is 0.972. The minimum Gasteiger partial charge on any atom is -0.465 e. The quantitative estimate of drug-likeness (QED) is 0.643. The summed E-state index contributed by atoms with van der Waals surface area (Å²) in [4.78, 5) is 12.3. The second-order valence-electron chi connectivity index (χ2n) is 5.33. The summed E-state index contributed by atoms with van der Waals surface area (Å²) in [6, 6.07) is 5.63. The number of ether oxygens (including phenoxy) is 1. The molecule has 5 nitrogen and oxygen atoms in total. The molecule has 22 heavy (non-hydrogen) atoms. The molecule has 0 radical (unpaired) electrons. The van der Waals surface area contributed by atoms with E-state index in [1.165, 1.54) is 12.1 Å². The highest BCUT2D eigenvalue weighted by molar-refractivity contribution is 7.89. The SMILES string of the molecule is CCOC(=O)[C@@H](NS(=O)(=O)c1ccc(C)cc1)C1C=CCC1. The number of carbonyl (C=O) groups excluding carboxylic acids is 1. The van der Waals surface area contributed by atoms with Gasteiger partial charge in [-0.15, -0.1) is 0 Å². The van der Waals surface area contributed by atoms with Gasteiger partial charge in [-0.3, -0.25) is 4.79 Å². The lowest BCUT2D eigenvalue weighted by Gasteiger charge is -2.22. The first-order valence-electron chi connectivity index (χ1n) is 7.36. The first kappa shape index (κ1) is 16.7. The molecule has 2 atom stereocenters. The van der Waals surface area contributed by atoms with Crippen LogP contribution >= 0.6 is 0 Å². The first-order chi connectivity index (χ1) is 10.4. The lowest BCUT2D eigenvalue weighted by Crippen LogP contribution is -2.45. The van der Waals surface area contributed by atoms with Crippen molar-refractivity contribution in [1.82, 2.24) is 4.72 Å². The molecule has 0 spiro atoms. The van der Waals surface area contributed by atoms with Gasteiger partial charge in [0.05, 0.1) is 11.5 Å². The van der Waals surface area contributed by atoms with Crippen molar-refractivity contribution in [3.8, 4) is 0 Å². The highest BCUT2D eigenvalue weighted by Gasteiger charge is 2.33. The van der Waals surface area contributed by atoms with Gasteiger partial charge in [0, 0.05) is 5.92 Å². The molecule has 0 saturated heterocycles. The van der Waals surface area contributed by atoms with E-state index in [0.717, 1.165) is 18.4 Å². The Morgan fingerprint density at radius 3 is 2.59 bits per heavy atom. The van der Waals surface area contributed by atoms with Crippen molar-refractivity contribution in [2.24, 2.45) is 5.92 Å². The summed E-state index contributed by atoms with van der Waals surface area (Å²) in [6.07, 6.45) is 5.41. The van der Waals surface area contributed by atoms with Crippen LogP contribution in [-0.2, 0) is 19.6 Å². The zero-order valence-electron chi connectivity index (χ0n) is 12.8. The van der Waals surface area contributed by atoms with Gasteiger partial charge in [-0.05, 0) is 38.8 Å². The Morgan fingerprint density at radius 2 is 2.05 bits per heavy atom. The molecule has 0 fully saturated rings. The van der Waals surface area contributed by atoms with E-state index in [2.05, 4.69) is 4.72 Å². The normalized spacial score (nSPS) is 19.1. The van der Waals surface area contributed by atoms with Crippen LogP contribution in [0, 0.1) is 12.8 Å². The lowest BCUT2D eigenvalue weighted by atomic mass is 10.0. The van der Waals surface area contributed by atoms with E-state index in [4.69, 9.17) is 4.74 Å². The molecule has 1 unspecified atom stereocenters. The summed E-state index contributed by atoms with van der Waals surface area (Å²) >= 11 is 0. The van der Waals surface area contributed by atoms with Crippen LogP contribution in [0.4, 0.5) is 0 Å². The van der Waals surface area contributed by atoms with Crippen LogP contribution in [0.3, 0.4) is 0 Å². The maximum atomic E-state index is 12.5. The van der Waals surface area contributed by atoms with E-state index < -0.39 is 22.0 Å². The Morgan fingerprint density at radius 1 is 1.36 bits per heavy atom. The highest BCUT2D eigenvalue weighted by atomic mass is 32.2. The number of allylic oxidation sites excluding steroid dienone is 1. The van der Waals surface area contributed by atoms with Gasteiger partial charge in [-0.2, -0.15) is 4.72 Å². The highest BCUT2D eigenvalue weighted by Crippen LogP contribution is 2.23. The number of hydrogen-bond acceptors (Lipinski definition) is 4. The van der Waals surface area contributed by atoms with Crippen molar-refractivity contribution in [1.29, 1.82) is 0 Å². The molecule has 1 aliphatic carbocycles. The van der Waals surface area contributed by atoms with E-state index in [0.29, 0.717) is 0 Å². The maximum absolute atomic E-state index is 12.5. The standard InChI is InChI=1S/C16H21NO4S/c1-3-21-16(18)15(13-6-4-5-7-13)17-22(19,20)14-10-8-12(2)9-11-14/h4,6,8-11,13,15,17H,3,5,7H2,1-2H3/t13?,15-/m0/s1. The number of carbonyl (C=O) groups is 1. The summed E-state index contributed by atoms with van der Waals surface area (Å²) < 4.78 is 32.5. The van der Waals surface area contributed by atoms with Gasteiger partial charge >= 0.3 is 5.97 Å². The molecule has 1 aromatic carbocycles. The Labute approximate surface area is 131 Å². The molecule has 1 aromatic rings. The van der Waals surface area contributed by atoms with Crippen LogP contribution in [-0.4, -0.2) is 27.0 Å². The predicted molar refractivity (Wildman–Crippen MR) is 83.8 cm³/mol. The maximum Gasteiger partial charge on any atom is 0.324 e. The molecule has 0 aliphatic heterocycles. The van der Waals surface area contributed by atoms with E-state index >= 15 is 0 Å². The number of hydrogen-bond donors (Lipinski definition) is 1.